The molecule has 1 fully saturated rings. The Balaban J connectivity index is 1.96. The average Bonchev–Trinajstić information content (AvgIpc) is 2.53. The Bertz CT molecular complexity index is 501. The molecule has 5 heteroatoms. The van der Waals surface area contributed by atoms with E-state index in [9.17, 15) is 4.79 Å². The molecule has 1 aromatic carbocycles. The predicted octanol–water partition coefficient (Wildman–Crippen LogP) is 2.08. The van der Waals surface area contributed by atoms with Crippen LogP contribution in [0.4, 0.5) is 0 Å². The number of hydrogen-bond acceptors (Lipinski definition) is 4. The maximum Gasteiger partial charge on any atom is 0.253 e. The van der Waals surface area contributed by atoms with Gasteiger partial charge in [0.1, 0.15) is 0 Å². The summed E-state index contributed by atoms with van der Waals surface area (Å²) >= 11 is 1.67. The minimum absolute atomic E-state index is 0.0758. The molecule has 1 aromatic rings. The quantitative estimate of drug-likeness (QED) is 0.799. The van der Waals surface area contributed by atoms with E-state index in [1.165, 1.54) is 0 Å². The van der Waals surface area contributed by atoms with E-state index >= 15 is 0 Å². The van der Waals surface area contributed by atoms with Crippen molar-refractivity contribution in [3.63, 3.8) is 0 Å². The van der Waals surface area contributed by atoms with Crippen LogP contribution in [0.1, 0.15) is 17.3 Å². The molecule has 1 saturated heterocycles. The first-order valence-corrected chi connectivity index (χ1v) is 7.95. The normalized spacial score (nSPS) is 17.6. The highest BCUT2D eigenvalue weighted by atomic mass is 32.2. The molecular weight excluding hydrogens is 270 g/mol. The van der Waals surface area contributed by atoms with Crippen molar-refractivity contribution in [3.05, 3.63) is 29.8 Å². The molecule has 0 spiro atoms. The third-order valence-electron chi connectivity index (χ3n) is 3.67. The summed E-state index contributed by atoms with van der Waals surface area (Å²) in [6.07, 6.45) is 2.02. The van der Waals surface area contributed by atoms with Gasteiger partial charge in [-0.15, -0.1) is 11.8 Å². The first-order chi connectivity index (χ1) is 9.65. The van der Waals surface area contributed by atoms with E-state index in [0.717, 1.165) is 23.5 Å². The summed E-state index contributed by atoms with van der Waals surface area (Å²) in [5.41, 5.74) is 0.740. The van der Waals surface area contributed by atoms with E-state index in [-0.39, 0.29) is 11.9 Å². The second-order valence-electron chi connectivity index (χ2n) is 4.86. The number of benzene rings is 1. The van der Waals surface area contributed by atoms with Gasteiger partial charge in [-0.05, 0) is 37.4 Å². The number of hydrogen-bond donors (Lipinski definition) is 0. The second-order valence-corrected chi connectivity index (χ2v) is 5.74. The van der Waals surface area contributed by atoms with Crippen molar-refractivity contribution in [2.75, 3.05) is 32.4 Å². The molecule has 0 radical (unpaired) electrons. The molecule has 1 aliphatic rings. The Hall–Kier alpha value is -1.51. The SMILES string of the molecule is CSc1ccc(C(=O)N2CCN(C(C)C#N)CC2)cc1. The standard InChI is InChI=1S/C15H19N3OS/c1-12(11-16)17-7-9-18(10-8-17)15(19)13-3-5-14(20-2)6-4-13/h3-6,12H,7-10H2,1-2H3. The van der Waals surface area contributed by atoms with Gasteiger partial charge >= 0.3 is 0 Å². The van der Waals surface area contributed by atoms with Gasteiger partial charge in [-0.1, -0.05) is 0 Å². The molecule has 1 heterocycles. The third-order valence-corrected chi connectivity index (χ3v) is 4.42. The van der Waals surface area contributed by atoms with E-state index in [0.29, 0.717) is 13.1 Å². The van der Waals surface area contributed by atoms with Crippen LogP contribution >= 0.6 is 11.8 Å². The highest BCUT2D eigenvalue weighted by Crippen LogP contribution is 2.16. The van der Waals surface area contributed by atoms with E-state index in [2.05, 4.69) is 11.0 Å². The lowest BCUT2D eigenvalue weighted by Gasteiger charge is -2.35. The Morgan fingerprint density at radius 2 is 1.85 bits per heavy atom. The zero-order valence-electron chi connectivity index (χ0n) is 11.9. The Morgan fingerprint density at radius 3 is 2.35 bits per heavy atom. The largest absolute Gasteiger partial charge is 0.336 e. The molecule has 1 atom stereocenters. The highest BCUT2D eigenvalue weighted by molar-refractivity contribution is 7.98. The molecule has 0 aromatic heterocycles. The van der Waals surface area contributed by atoms with Gasteiger partial charge in [0.25, 0.3) is 5.91 Å². The third kappa shape index (κ3) is 3.33. The van der Waals surface area contributed by atoms with Crippen molar-refractivity contribution in [1.29, 1.82) is 5.26 Å². The molecule has 0 bridgehead atoms. The van der Waals surface area contributed by atoms with Crippen LogP contribution in [-0.2, 0) is 0 Å². The number of rotatable bonds is 3. The smallest absolute Gasteiger partial charge is 0.253 e. The highest BCUT2D eigenvalue weighted by Gasteiger charge is 2.24. The van der Waals surface area contributed by atoms with Crippen molar-refractivity contribution in [3.8, 4) is 6.07 Å². The van der Waals surface area contributed by atoms with Gasteiger partial charge in [0.2, 0.25) is 0 Å². The Labute approximate surface area is 124 Å². The van der Waals surface area contributed by atoms with Crippen LogP contribution in [0.25, 0.3) is 0 Å². The van der Waals surface area contributed by atoms with E-state index in [1.54, 1.807) is 11.8 Å². The lowest BCUT2D eigenvalue weighted by atomic mass is 10.1. The van der Waals surface area contributed by atoms with Crippen molar-refractivity contribution >= 4 is 17.7 Å². The maximum atomic E-state index is 12.4. The fourth-order valence-corrected chi connectivity index (χ4v) is 2.72. The number of nitrogens with zero attached hydrogens (tertiary/aromatic N) is 3. The molecule has 2 rings (SSSR count). The molecule has 0 aliphatic carbocycles. The molecule has 20 heavy (non-hydrogen) atoms. The maximum absolute atomic E-state index is 12.4. The van der Waals surface area contributed by atoms with Crippen LogP contribution in [0.5, 0.6) is 0 Å². The number of amides is 1. The summed E-state index contributed by atoms with van der Waals surface area (Å²) in [4.78, 5) is 17.5. The first kappa shape index (κ1) is 14.9. The fraction of sp³-hybridized carbons (Fsp3) is 0.467. The zero-order valence-corrected chi connectivity index (χ0v) is 12.7. The minimum Gasteiger partial charge on any atom is -0.336 e. The number of nitriles is 1. The Kier molecular flexibility index (Phi) is 5.05. The number of piperazine rings is 1. The van der Waals surface area contributed by atoms with Crippen molar-refractivity contribution in [2.24, 2.45) is 0 Å². The molecule has 106 valence electrons. The summed E-state index contributed by atoms with van der Waals surface area (Å²) in [6.45, 7) is 4.82. The van der Waals surface area contributed by atoms with Gasteiger partial charge < -0.3 is 4.90 Å². The van der Waals surface area contributed by atoms with Crippen LogP contribution in [0.15, 0.2) is 29.2 Å². The minimum atomic E-state index is -0.0758. The molecule has 1 amide bonds. The van der Waals surface area contributed by atoms with Crippen molar-refractivity contribution in [1.82, 2.24) is 9.80 Å². The van der Waals surface area contributed by atoms with Crippen molar-refractivity contribution < 1.29 is 4.79 Å². The molecule has 4 nitrogen and oxygen atoms in total. The summed E-state index contributed by atoms with van der Waals surface area (Å²) in [6, 6.07) is 9.90. The van der Waals surface area contributed by atoms with Crippen LogP contribution in [0.2, 0.25) is 0 Å². The van der Waals surface area contributed by atoms with E-state index in [1.807, 2.05) is 42.3 Å². The first-order valence-electron chi connectivity index (χ1n) is 6.72. The molecular formula is C15H19N3OS. The zero-order chi connectivity index (χ0) is 14.5. The number of carbonyl (C=O) groups excluding carboxylic acids is 1. The van der Waals surface area contributed by atoms with Gasteiger partial charge in [0.05, 0.1) is 12.1 Å². The van der Waals surface area contributed by atoms with E-state index < -0.39 is 0 Å². The van der Waals surface area contributed by atoms with Crippen molar-refractivity contribution in [2.45, 2.75) is 17.9 Å². The summed E-state index contributed by atoms with van der Waals surface area (Å²) in [5, 5.41) is 8.92. The topological polar surface area (TPSA) is 47.3 Å². The van der Waals surface area contributed by atoms with Crippen LogP contribution in [0.3, 0.4) is 0 Å². The molecule has 0 N–H and O–H groups in total. The lowest BCUT2D eigenvalue weighted by Crippen LogP contribution is -2.51. The fourth-order valence-electron chi connectivity index (χ4n) is 2.31. The van der Waals surface area contributed by atoms with Gasteiger partial charge in [-0.25, -0.2) is 0 Å². The van der Waals surface area contributed by atoms with Crippen LogP contribution < -0.4 is 0 Å². The Morgan fingerprint density at radius 1 is 1.25 bits per heavy atom. The predicted molar refractivity (Wildman–Crippen MR) is 80.8 cm³/mol. The monoisotopic (exact) mass is 289 g/mol. The van der Waals surface area contributed by atoms with Gasteiger partial charge in [0.15, 0.2) is 0 Å². The summed E-state index contributed by atoms with van der Waals surface area (Å²) in [7, 11) is 0. The number of thioether (sulfide) groups is 1. The van der Waals surface area contributed by atoms with E-state index in [4.69, 9.17) is 5.26 Å². The van der Waals surface area contributed by atoms with Gasteiger partial charge in [0, 0.05) is 36.6 Å². The van der Waals surface area contributed by atoms with Gasteiger partial charge in [-0.2, -0.15) is 5.26 Å². The van der Waals surface area contributed by atoms with Crippen LogP contribution in [-0.4, -0.2) is 54.2 Å². The molecule has 1 unspecified atom stereocenters. The second kappa shape index (κ2) is 6.78. The van der Waals surface area contributed by atoms with Crippen LogP contribution in [0, 0.1) is 11.3 Å². The number of carbonyl (C=O) groups is 1. The summed E-state index contributed by atoms with van der Waals surface area (Å²) < 4.78 is 0. The average molecular weight is 289 g/mol. The lowest BCUT2D eigenvalue weighted by molar-refractivity contribution is 0.0615. The van der Waals surface area contributed by atoms with Gasteiger partial charge in [-0.3, -0.25) is 9.69 Å². The summed E-state index contributed by atoms with van der Waals surface area (Å²) in [5.74, 6) is 0.0851. The molecule has 1 aliphatic heterocycles. The molecule has 0 saturated carbocycles.